The molecule has 0 atom stereocenters. The molecule has 3 aromatic rings. The molecule has 10 heteroatoms. The molecule has 0 N–H and O–H groups in total. The summed E-state index contributed by atoms with van der Waals surface area (Å²) in [5.74, 6) is -0.142. The average Bonchev–Trinajstić information content (AvgIpc) is 3.10. The van der Waals surface area contributed by atoms with Crippen molar-refractivity contribution in [3.63, 3.8) is 0 Å². The molecule has 162 valence electrons. The first-order valence-corrected chi connectivity index (χ1v) is 12.8. The lowest BCUT2D eigenvalue weighted by atomic mass is 10.2. The zero-order valence-corrected chi connectivity index (χ0v) is 20.4. The van der Waals surface area contributed by atoms with Gasteiger partial charge in [-0.15, -0.1) is 24.2 Å². The van der Waals surface area contributed by atoms with Crippen molar-refractivity contribution in [3.05, 3.63) is 48.0 Å². The molecule has 1 amide bonds. The number of sulfone groups is 1. The number of carbonyl (C=O) groups excluding carboxylic acids is 1. The van der Waals surface area contributed by atoms with Gasteiger partial charge in [0.2, 0.25) is 0 Å². The Morgan fingerprint density at radius 1 is 1.10 bits per heavy atom. The summed E-state index contributed by atoms with van der Waals surface area (Å²) in [7, 11) is 0.465. The smallest absolute Gasteiger partial charge is 0.261 e. The SMILES string of the molecule is CSc1ccccc1C(=O)N(CCN(C)C)c1nc2c(S(C)(=O)=O)cccc2s1.Cl. The highest BCUT2D eigenvalue weighted by molar-refractivity contribution is 7.98. The van der Waals surface area contributed by atoms with E-state index in [-0.39, 0.29) is 23.2 Å². The number of thioether (sulfide) groups is 1. The van der Waals surface area contributed by atoms with Gasteiger partial charge in [0, 0.05) is 24.2 Å². The first kappa shape index (κ1) is 24.6. The summed E-state index contributed by atoms with van der Waals surface area (Å²) in [5, 5.41) is 0.499. The van der Waals surface area contributed by atoms with Crippen molar-refractivity contribution >= 4 is 66.6 Å². The zero-order valence-electron chi connectivity index (χ0n) is 17.2. The van der Waals surface area contributed by atoms with Gasteiger partial charge < -0.3 is 4.90 Å². The number of fused-ring (bicyclic) bond motifs is 1. The summed E-state index contributed by atoms with van der Waals surface area (Å²) in [4.78, 5) is 22.7. The molecule has 0 aliphatic heterocycles. The molecule has 0 saturated heterocycles. The Morgan fingerprint density at radius 3 is 2.43 bits per heavy atom. The van der Waals surface area contributed by atoms with Gasteiger partial charge in [-0.1, -0.05) is 29.5 Å². The molecule has 0 spiro atoms. The van der Waals surface area contributed by atoms with Crippen molar-refractivity contribution in [1.29, 1.82) is 0 Å². The number of carbonyl (C=O) groups is 1. The third-order valence-electron chi connectivity index (χ3n) is 4.35. The number of amides is 1. The molecule has 0 aliphatic rings. The van der Waals surface area contributed by atoms with E-state index < -0.39 is 9.84 Å². The van der Waals surface area contributed by atoms with Crippen LogP contribution in [0.4, 0.5) is 5.13 Å². The van der Waals surface area contributed by atoms with Gasteiger partial charge >= 0.3 is 0 Å². The van der Waals surface area contributed by atoms with Gasteiger partial charge in [0.05, 0.1) is 15.2 Å². The lowest BCUT2D eigenvalue weighted by molar-refractivity contribution is 0.0982. The maximum Gasteiger partial charge on any atom is 0.261 e. The van der Waals surface area contributed by atoms with E-state index in [1.165, 1.54) is 29.4 Å². The molecule has 0 unspecified atom stereocenters. The molecule has 2 aromatic carbocycles. The molecule has 30 heavy (non-hydrogen) atoms. The van der Waals surface area contributed by atoms with Gasteiger partial charge in [-0.2, -0.15) is 0 Å². The van der Waals surface area contributed by atoms with Gasteiger partial charge in [-0.05, 0) is 44.6 Å². The van der Waals surface area contributed by atoms with Crippen LogP contribution in [-0.4, -0.2) is 63.9 Å². The number of hydrogen-bond donors (Lipinski definition) is 0. The largest absolute Gasteiger partial charge is 0.308 e. The predicted molar refractivity (Wildman–Crippen MR) is 128 cm³/mol. The van der Waals surface area contributed by atoms with Gasteiger partial charge in [0.1, 0.15) is 5.52 Å². The van der Waals surface area contributed by atoms with Crippen LogP contribution in [-0.2, 0) is 9.84 Å². The van der Waals surface area contributed by atoms with Crippen LogP contribution in [0.2, 0.25) is 0 Å². The van der Waals surface area contributed by atoms with Crippen molar-refractivity contribution in [3.8, 4) is 0 Å². The molecule has 0 saturated carbocycles. The molecule has 3 rings (SSSR count). The summed E-state index contributed by atoms with van der Waals surface area (Å²) in [6.07, 6.45) is 3.11. The van der Waals surface area contributed by atoms with E-state index in [9.17, 15) is 13.2 Å². The third kappa shape index (κ3) is 5.33. The van der Waals surface area contributed by atoms with E-state index in [0.29, 0.717) is 29.3 Å². The maximum absolute atomic E-state index is 13.4. The fraction of sp³-hybridized carbons (Fsp3) is 0.300. The molecule has 1 heterocycles. The molecule has 0 bridgehead atoms. The highest BCUT2D eigenvalue weighted by Gasteiger charge is 2.25. The minimum Gasteiger partial charge on any atom is -0.308 e. The maximum atomic E-state index is 13.4. The molecule has 6 nitrogen and oxygen atoms in total. The second-order valence-corrected chi connectivity index (χ2v) is 10.7. The van der Waals surface area contributed by atoms with Crippen LogP contribution in [0.3, 0.4) is 0 Å². The fourth-order valence-corrected chi connectivity index (χ4v) is 5.38. The Bertz CT molecular complexity index is 1150. The minimum absolute atomic E-state index is 0. The first-order valence-electron chi connectivity index (χ1n) is 8.91. The van der Waals surface area contributed by atoms with E-state index in [2.05, 4.69) is 4.98 Å². The number of rotatable bonds is 7. The number of anilines is 1. The summed E-state index contributed by atoms with van der Waals surface area (Å²) >= 11 is 2.85. The molecular weight excluding hydrogens is 462 g/mol. The molecule has 0 aliphatic carbocycles. The topological polar surface area (TPSA) is 70.6 Å². The van der Waals surface area contributed by atoms with Crippen LogP contribution in [0.1, 0.15) is 10.4 Å². The van der Waals surface area contributed by atoms with Crippen LogP contribution >= 0.6 is 35.5 Å². The number of halogens is 1. The van der Waals surface area contributed by atoms with E-state index in [1.54, 1.807) is 17.0 Å². The fourth-order valence-electron chi connectivity index (χ4n) is 2.88. The number of nitrogens with zero attached hydrogens (tertiary/aromatic N) is 3. The standard InChI is InChI=1S/C20H23N3O3S3.ClH/c1-22(2)12-13-23(19(24)14-8-5-6-9-15(14)27-3)20-21-18-16(28-20)10-7-11-17(18)29(4,25)26;/h5-11H,12-13H2,1-4H3;1H. The Balaban J connectivity index is 0.00000320. The van der Waals surface area contributed by atoms with Gasteiger partial charge in [-0.3, -0.25) is 9.69 Å². The van der Waals surface area contributed by atoms with Gasteiger partial charge in [0.25, 0.3) is 5.91 Å². The second kappa shape index (κ2) is 10.1. The summed E-state index contributed by atoms with van der Waals surface area (Å²) in [5.41, 5.74) is 1.03. The quantitative estimate of drug-likeness (QED) is 0.470. The monoisotopic (exact) mass is 485 g/mol. The first-order chi connectivity index (χ1) is 13.7. The number of para-hydroxylation sites is 1. The van der Waals surface area contributed by atoms with Crippen LogP contribution < -0.4 is 4.90 Å². The Kier molecular flexibility index (Phi) is 8.29. The normalized spacial score (nSPS) is 11.5. The molecule has 0 radical (unpaired) electrons. The molecule has 0 fully saturated rings. The van der Waals surface area contributed by atoms with Gasteiger partial charge in [-0.25, -0.2) is 13.4 Å². The van der Waals surface area contributed by atoms with Crippen molar-refractivity contribution in [2.45, 2.75) is 9.79 Å². The van der Waals surface area contributed by atoms with Crippen molar-refractivity contribution in [2.24, 2.45) is 0 Å². The number of hydrogen-bond acceptors (Lipinski definition) is 7. The lowest BCUT2D eigenvalue weighted by Gasteiger charge is -2.22. The molecule has 1 aromatic heterocycles. The van der Waals surface area contributed by atoms with Crippen LogP contribution in [0, 0.1) is 0 Å². The zero-order chi connectivity index (χ0) is 21.2. The minimum atomic E-state index is -3.42. The number of thiazole rings is 1. The summed E-state index contributed by atoms with van der Waals surface area (Å²) in [6.45, 7) is 1.10. The van der Waals surface area contributed by atoms with Crippen LogP contribution in [0.5, 0.6) is 0 Å². The highest BCUT2D eigenvalue weighted by atomic mass is 35.5. The Morgan fingerprint density at radius 2 is 1.80 bits per heavy atom. The van der Waals surface area contributed by atoms with E-state index in [0.717, 1.165) is 9.60 Å². The van der Waals surface area contributed by atoms with E-state index in [1.807, 2.05) is 55.6 Å². The van der Waals surface area contributed by atoms with E-state index >= 15 is 0 Å². The Labute approximate surface area is 191 Å². The number of likely N-dealkylation sites (N-methyl/N-ethyl adjacent to an activating group) is 1. The predicted octanol–water partition coefficient (Wildman–Crippen LogP) is 4.05. The molecular formula is C20H24ClN3O3S3. The second-order valence-electron chi connectivity index (χ2n) is 6.83. The van der Waals surface area contributed by atoms with Crippen molar-refractivity contribution < 1.29 is 13.2 Å². The average molecular weight is 486 g/mol. The van der Waals surface area contributed by atoms with Crippen molar-refractivity contribution in [1.82, 2.24) is 9.88 Å². The summed E-state index contributed by atoms with van der Waals surface area (Å²) < 4.78 is 25.0. The number of benzene rings is 2. The van der Waals surface area contributed by atoms with Crippen molar-refractivity contribution in [2.75, 3.05) is 44.6 Å². The lowest BCUT2D eigenvalue weighted by Crippen LogP contribution is -2.37. The number of aromatic nitrogens is 1. The highest BCUT2D eigenvalue weighted by Crippen LogP contribution is 2.34. The van der Waals surface area contributed by atoms with Crippen LogP contribution in [0.25, 0.3) is 10.2 Å². The van der Waals surface area contributed by atoms with Crippen LogP contribution in [0.15, 0.2) is 52.3 Å². The summed E-state index contributed by atoms with van der Waals surface area (Å²) in [6, 6.07) is 12.6. The Hall–Kier alpha value is -1.65. The van der Waals surface area contributed by atoms with Gasteiger partial charge in [0.15, 0.2) is 15.0 Å². The third-order valence-corrected chi connectivity index (χ3v) is 7.32. The van der Waals surface area contributed by atoms with E-state index in [4.69, 9.17) is 0 Å².